The lowest BCUT2D eigenvalue weighted by molar-refractivity contribution is -0.385. The molecule has 0 aliphatic heterocycles. The first-order valence-electron chi connectivity index (χ1n) is 8.49. The Morgan fingerprint density at radius 2 is 1.74 bits per heavy atom. The van der Waals surface area contributed by atoms with Crippen molar-refractivity contribution in [1.29, 1.82) is 0 Å². The first-order chi connectivity index (χ1) is 12.5. The van der Waals surface area contributed by atoms with E-state index >= 15 is 0 Å². The average molecular weight is 392 g/mol. The second-order valence-corrected chi connectivity index (χ2v) is 8.96. The van der Waals surface area contributed by atoms with Crippen molar-refractivity contribution in [2.24, 2.45) is 0 Å². The molecule has 1 N–H and O–H groups in total. The number of sulfonamides is 1. The summed E-state index contributed by atoms with van der Waals surface area (Å²) in [7, 11) is -3.86. The molecule has 146 valence electrons. The van der Waals surface area contributed by atoms with E-state index in [2.05, 4.69) is 25.5 Å². The summed E-state index contributed by atoms with van der Waals surface area (Å²) in [6.45, 7) is 8.13. The van der Waals surface area contributed by atoms with Gasteiger partial charge in [-0.25, -0.2) is 13.1 Å². The number of nitro groups is 1. The molecule has 27 heavy (non-hydrogen) atoms. The maximum absolute atomic E-state index is 12.4. The van der Waals surface area contributed by atoms with Gasteiger partial charge in [0, 0.05) is 18.7 Å². The fourth-order valence-corrected chi connectivity index (χ4v) is 3.74. The van der Waals surface area contributed by atoms with Gasteiger partial charge < -0.3 is 4.74 Å². The molecule has 0 fully saturated rings. The fourth-order valence-electron chi connectivity index (χ4n) is 2.47. The number of rotatable bonds is 7. The molecule has 0 aliphatic rings. The van der Waals surface area contributed by atoms with Gasteiger partial charge in [-0.05, 0) is 35.6 Å². The SMILES string of the molecule is Cc1ccc([N+](=O)[O-])cc1S(=O)(=O)NCCOc1ccc(C(C)(C)C)cc1. The Morgan fingerprint density at radius 3 is 2.30 bits per heavy atom. The minimum atomic E-state index is -3.86. The number of nitrogens with zero attached hydrogens (tertiary/aromatic N) is 1. The summed E-state index contributed by atoms with van der Waals surface area (Å²) >= 11 is 0. The third-order valence-electron chi connectivity index (χ3n) is 4.06. The van der Waals surface area contributed by atoms with Crippen LogP contribution in [0.25, 0.3) is 0 Å². The highest BCUT2D eigenvalue weighted by molar-refractivity contribution is 7.89. The number of nitro benzene ring substituents is 1. The molecule has 0 saturated heterocycles. The zero-order valence-electron chi connectivity index (χ0n) is 15.9. The standard InChI is InChI=1S/C19H24N2O5S/c1-14-5-8-16(21(22)23)13-18(14)27(24,25)20-11-12-26-17-9-6-15(7-10-17)19(2,3)4/h5-10,13,20H,11-12H2,1-4H3. The van der Waals surface area contributed by atoms with Gasteiger partial charge in [-0.3, -0.25) is 10.1 Å². The van der Waals surface area contributed by atoms with Crippen molar-refractivity contribution < 1.29 is 18.1 Å². The number of aryl methyl sites for hydroxylation is 1. The van der Waals surface area contributed by atoms with E-state index in [4.69, 9.17) is 4.74 Å². The normalized spacial score (nSPS) is 12.0. The van der Waals surface area contributed by atoms with E-state index in [1.54, 1.807) is 6.92 Å². The summed E-state index contributed by atoms with van der Waals surface area (Å²) in [5, 5.41) is 10.9. The van der Waals surface area contributed by atoms with Crippen LogP contribution < -0.4 is 9.46 Å². The zero-order valence-corrected chi connectivity index (χ0v) is 16.7. The predicted octanol–water partition coefficient (Wildman–Crippen LogP) is 3.56. The molecule has 0 radical (unpaired) electrons. The van der Waals surface area contributed by atoms with Crippen molar-refractivity contribution in [3.63, 3.8) is 0 Å². The van der Waals surface area contributed by atoms with Crippen LogP contribution in [0.2, 0.25) is 0 Å². The van der Waals surface area contributed by atoms with Crippen LogP contribution in [0.4, 0.5) is 5.69 Å². The molecular formula is C19H24N2O5S. The molecule has 7 nitrogen and oxygen atoms in total. The average Bonchev–Trinajstić information content (AvgIpc) is 2.58. The molecule has 0 spiro atoms. The van der Waals surface area contributed by atoms with Gasteiger partial charge in [-0.2, -0.15) is 0 Å². The first-order valence-corrected chi connectivity index (χ1v) is 9.97. The van der Waals surface area contributed by atoms with E-state index in [1.807, 2.05) is 24.3 Å². The number of non-ortho nitro benzene ring substituents is 1. The van der Waals surface area contributed by atoms with Crippen molar-refractivity contribution >= 4 is 15.7 Å². The van der Waals surface area contributed by atoms with Gasteiger partial charge in [0.05, 0.1) is 9.82 Å². The minimum absolute atomic E-state index is 0.0460. The molecule has 0 saturated carbocycles. The maximum Gasteiger partial charge on any atom is 0.270 e. The summed E-state index contributed by atoms with van der Waals surface area (Å²) in [6, 6.07) is 11.4. The van der Waals surface area contributed by atoms with E-state index < -0.39 is 14.9 Å². The number of hydrogen-bond donors (Lipinski definition) is 1. The number of ether oxygens (including phenoxy) is 1. The van der Waals surface area contributed by atoms with Crippen molar-refractivity contribution in [3.05, 3.63) is 63.7 Å². The van der Waals surface area contributed by atoms with Gasteiger partial charge in [0.25, 0.3) is 5.69 Å². The molecular weight excluding hydrogens is 368 g/mol. The lowest BCUT2D eigenvalue weighted by Gasteiger charge is -2.19. The third-order valence-corrected chi connectivity index (χ3v) is 5.66. The lowest BCUT2D eigenvalue weighted by Crippen LogP contribution is -2.28. The highest BCUT2D eigenvalue weighted by atomic mass is 32.2. The summed E-state index contributed by atoms with van der Waals surface area (Å²) < 4.78 is 32.8. The summed E-state index contributed by atoms with van der Waals surface area (Å²) in [5.41, 5.74) is 1.39. The van der Waals surface area contributed by atoms with Gasteiger partial charge in [0.2, 0.25) is 10.0 Å². The quantitative estimate of drug-likeness (QED) is 0.441. The number of hydrogen-bond acceptors (Lipinski definition) is 5. The molecule has 2 rings (SSSR count). The largest absolute Gasteiger partial charge is 0.492 e. The van der Waals surface area contributed by atoms with Crippen LogP contribution in [-0.4, -0.2) is 26.5 Å². The molecule has 0 unspecified atom stereocenters. The molecule has 0 atom stereocenters. The summed E-state index contributed by atoms with van der Waals surface area (Å²) in [5.74, 6) is 0.647. The van der Waals surface area contributed by atoms with Crippen LogP contribution in [0.5, 0.6) is 5.75 Å². The van der Waals surface area contributed by atoms with Gasteiger partial charge in [-0.1, -0.05) is 39.0 Å². The Balaban J connectivity index is 1.96. The highest BCUT2D eigenvalue weighted by Gasteiger charge is 2.20. The lowest BCUT2D eigenvalue weighted by atomic mass is 9.87. The van der Waals surface area contributed by atoms with Crippen molar-refractivity contribution in [2.45, 2.75) is 38.0 Å². The monoisotopic (exact) mass is 392 g/mol. The molecule has 0 heterocycles. The number of benzene rings is 2. The molecule has 0 aliphatic carbocycles. The Hall–Kier alpha value is -2.45. The zero-order chi connectivity index (χ0) is 20.2. The maximum atomic E-state index is 12.4. The predicted molar refractivity (Wildman–Crippen MR) is 104 cm³/mol. The molecule has 0 aromatic heterocycles. The first kappa shape index (κ1) is 20.9. The Morgan fingerprint density at radius 1 is 1.11 bits per heavy atom. The fraction of sp³-hybridized carbons (Fsp3) is 0.368. The van der Waals surface area contributed by atoms with Crippen molar-refractivity contribution in [3.8, 4) is 5.75 Å². The van der Waals surface area contributed by atoms with E-state index in [1.165, 1.54) is 17.7 Å². The summed E-state index contributed by atoms with van der Waals surface area (Å²) in [4.78, 5) is 10.1. The van der Waals surface area contributed by atoms with Gasteiger partial charge >= 0.3 is 0 Å². The van der Waals surface area contributed by atoms with E-state index in [-0.39, 0.29) is 29.1 Å². The van der Waals surface area contributed by atoms with Gasteiger partial charge in [-0.15, -0.1) is 0 Å². The van der Waals surface area contributed by atoms with Crippen molar-refractivity contribution in [1.82, 2.24) is 4.72 Å². The van der Waals surface area contributed by atoms with Gasteiger partial charge in [0.1, 0.15) is 12.4 Å². The summed E-state index contributed by atoms with van der Waals surface area (Å²) in [6.07, 6.45) is 0. The van der Waals surface area contributed by atoms with Crippen molar-refractivity contribution in [2.75, 3.05) is 13.2 Å². The van der Waals surface area contributed by atoms with Crippen LogP contribution in [0.1, 0.15) is 31.9 Å². The van der Waals surface area contributed by atoms with E-state index in [0.717, 1.165) is 6.07 Å². The second kappa shape index (κ2) is 8.06. The van der Waals surface area contributed by atoms with Crippen LogP contribution in [-0.2, 0) is 15.4 Å². The number of nitrogens with one attached hydrogen (secondary N) is 1. The minimum Gasteiger partial charge on any atom is -0.492 e. The van der Waals surface area contributed by atoms with E-state index in [0.29, 0.717) is 11.3 Å². The van der Waals surface area contributed by atoms with Crippen LogP contribution >= 0.6 is 0 Å². The third kappa shape index (κ3) is 5.51. The highest BCUT2D eigenvalue weighted by Crippen LogP contribution is 2.24. The molecule has 2 aromatic carbocycles. The topological polar surface area (TPSA) is 98.5 Å². The molecule has 0 amide bonds. The smallest absolute Gasteiger partial charge is 0.270 e. The molecule has 2 aromatic rings. The van der Waals surface area contributed by atoms with Crippen LogP contribution in [0.15, 0.2) is 47.4 Å². The van der Waals surface area contributed by atoms with Crippen LogP contribution in [0.3, 0.4) is 0 Å². The van der Waals surface area contributed by atoms with E-state index in [9.17, 15) is 18.5 Å². The Bertz CT molecular complexity index is 916. The second-order valence-electron chi connectivity index (χ2n) is 7.23. The molecule has 8 heteroatoms. The van der Waals surface area contributed by atoms with Crippen LogP contribution in [0, 0.1) is 17.0 Å². The molecule has 0 bridgehead atoms. The Labute approximate surface area is 159 Å². The van der Waals surface area contributed by atoms with Gasteiger partial charge in [0.15, 0.2) is 0 Å². The Kier molecular flexibility index (Phi) is 6.22.